The summed E-state index contributed by atoms with van der Waals surface area (Å²) in [7, 11) is 0. The number of allylic oxidation sites excluding steroid dienone is 5. The summed E-state index contributed by atoms with van der Waals surface area (Å²) in [6.07, 6.45) is 21.2. The summed E-state index contributed by atoms with van der Waals surface area (Å²) in [6.45, 7) is 2.25. The molecule has 0 fully saturated rings. The van der Waals surface area contributed by atoms with Crippen LogP contribution in [-0.2, 0) is 0 Å². The zero-order valence-electron chi connectivity index (χ0n) is 26.9. The number of hydrogen-bond acceptors (Lipinski definition) is 3. The summed E-state index contributed by atoms with van der Waals surface area (Å²) in [5, 5.41) is 9.50. The second-order valence-electron chi connectivity index (χ2n) is 13.3. The molecule has 0 saturated heterocycles. The van der Waals surface area contributed by atoms with Gasteiger partial charge in [0.15, 0.2) is 0 Å². The predicted octanol–water partition coefficient (Wildman–Crippen LogP) is 11.1. The monoisotopic (exact) mass is 609 g/mol. The fourth-order valence-corrected chi connectivity index (χ4v) is 7.97. The average molecular weight is 610 g/mol. The third kappa shape index (κ3) is 5.34. The summed E-state index contributed by atoms with van der Waals surface area (Å²) in [6, 6.07) is 40.2. The summed E-state index contributed by atoms with van der Waals surface area (Å²) < 4.78 is 0. The largest absolute Gasteiger partial charge is 0.334 e. The second-order valence-corrected chi connectivity index (χ2v) is 13.3. The van der Waals surface area contributed by atoms with Gasteiger partial charge in [0.05, 0.1) is 17.6 Å². The molecule has 0 bridgehead atoms. The molecule has 0 amide bonds. The van der Waals surface area contributed by atoms with Gasteiger partial charge < -0.3 is 9.80 Å². The van der Waals surface area contributed by atoms with Gasteiger partial charge in [0, 0.05) is 34.3 Å². The quantitative estimate of drug-likeness (QED) is 0.204. The van der Waals surface area contributed by atoms with Crippen molar-refractivity contribution in [3.63, 3.8) is 0 Å². The number of nitrogens with zero attached hydrogens (tertiary/aromatic N) is 3. The van der Waals surface area contributed by atoms with Crippen molar-refractivity contribution in [2.45, 2.75) is 50.6 Å². The first-order valence-corrected chi connectivity index (χ1v) is 16.9. The molecule has 3 atom stereocenters. The minimum Gasteiger partial charge on any atom is -0.334 e. The van der Waals surface area contributed by atoms with Crippen LogP contribution in [-0.4, -0.2) is 11.6 Å². The van der Waals surface area contributed by atoms with Crippen molar-refractivity contribution < 1.29 is 0 Å². The van der Waals surface area contributed by atoms with Gasteiger partial charge in [0.25, 0.3) is 0 Å². The topological polar surface area (TPSA) is 30.3 Å². The fraction of sp³-hybridized carbons (Fsp3) is 0.205. The van der Waals surface area contributed by atoms with E-state index in [-0.39, 0.29) is 5.54 Å². The van der Waals surface area contributed by atoms with Gasteiger partial charge in [-0.05, 0) is 115 Å². The normalized spacial score (nSPS) is 22.8. The van der Waals surface area contributed by atoms with Crippen molar-refractivity contribution >= 4 is 17.1 Å². The molecule has 1 heterocycles. The van der Waals surface area contributed by atoms with Gasteiger partial charge in [-0.1, -0.05) is 97.1 Å². The molecule has 1 aliphatic heterocycles. The molecule has 4 aliphatic rings. The van der Waals surface area contributed by atoms with Gasteiger partial charge in [-0.2, -0.15) is 5.26 Å². The Kier molecular flexibility index (Phi) is 7.50. The number of rotatable bonds is 6. The standard InChI is InChI=1S/C44H39N3/c1-44(29-27-32(31-45)28-30-44)47(38-23-17-34(18-24-38)33-9-3-2-4-10-33)39-25-19-36(20-26-39)35-15-21-37(22-16-35)46-42-13-7-5-11-40(42)41-12-6-8-14-43(41)46/h2-4,7-10,13-29,40,42H,5-6,11-12,30H2,1H3. The van der Waals surface area contributed by atoms with Crippen molar-refractivity contribution in [2.75, 3.05) is 9.80 Å². The van der Waals surface area contributed by atoms with Crippen molar-refractivity contribution in [1.29, 1.82) is 5.26 Å². The van der Waals surface area contributed by atoms with E-state index in [1.165, 1.54) is 52.9 Å². The van der Waals surface area contributed by atoms with Gasteiger partial charge in [-0.15, -0.1) is 0 Å². The van der Waals surface area contributed by atoms with E-state index in [2.05, 4.69) is 162 Å². The highest BCUT2D eigenvalue weighted by Crippen LogP contribution is 2.47. The zero-order chi connectivity index (χ0) is 31.8. The van der Waals surface area contributed by atoms with E-state index in [1.54, 1.807) is 5.57 Å². The Bertz CT molecular complexity index is 1970. The molecule has 4 aromatic carbocycles. The molecule has 3 unspecified atom stereocenters. The van der Waals surface area contributed by atoms with Crippen molar-refractivity contribution in [1.82, 2.24) is 0 Å². The summed E-state index contributed by atoms with van der Waals surface area (Å²) in [5.74, 6) is 0.646. The SMILES string of the molecule is CC1(N(c2ccc(-c3ccccc3)cc2)c2ccc(-c3ccc(N4C5=C(CCC=C5)C5CCC=CC54)cc3)cc2)C=CC(C#N)=CC1. The Balaban J connectivity index is 1.09. The molecule has 230 valence electrons. The van der Waals surface area contributed by atoms with Crippen LogP contribution in [0.4, 0.5) is 17.1 Å². The zero-order valence-corrected chi connectivity index (χ0v) is 26.9. The Morgan fingerprint density at radius 1 is 0.745 bits per heavy atom. The summed E-state index contributed by atoms with van der Waals surface area (Å²) in [5.41, 5.74) is 11.8. The minimum absolute atomic E-state index is 0.319. The van der Waals surface area contributed by atoms with E-state index in [0.29, 0.717) is 12.0 Å². The third-order valence-corrected chi connectivity index (χ3v) is 10.4. The molecular weight excluding hydrogens is 571 g/mol. The smallest absolute Gasteiger partial charge is 0.0988 e. The predicted molar refractivity (Wildman–Crippen MR) is 195 cm³/mol. The lowest BCUT2D eigenvalue weighted by Crippen LogP contribution is -2.42. The van der Waals surface area contributed by atoms with E-state index >= 15 is 0 Å². The van der Waals surface area contributed by atoms with Crippen LogP contribution in [0, 0.1) is 17.2 Å². The van der Waals surface area contributed by atoms with E-state index < -0.39 is 0 Å². The maximum absolute atomic E-state index is 9.50. The molecule has 0 N–H and O–H groups in total. The lowest BCUT2D eigenvalue weighted by molar-refractivity contribution is 0.501. The van der Waals surface area contributed by atoms with Crippen LogP contribution in [0.15, 0.2) is 163 Å². The van der Waals surface area contributed by atoms with E-state index in [9.17, 15) is 5.26 Å². The van der Waals surface area contributed by atoms with Crippen LogP contribution in [0.2, 0.25) is 0 Å². The maximum atomic E-state index is 9.50. The minimum atomic E-state index is -0.319. The molecule has 4 aromatic rings. The molecule has 3 aliphatic carbocycles. The lowest BCUT2D eigenvalue weighted by atomic mass is 9.83. The molecule has 3 nitrogen and oxygen atoms in total. The Morgan fingerprint density at radius 2 is 1.38 bits per heavy atom. The number of hydrogen-bond donors (Lipinski definition) is 0. The second kappa shape index (κ2) is 12.1. The first-order chi connectivity index (χ1) is 23.1. The molecule has 0 spiro atoms. The number of fused-ring (bicyclic) bond motifs is 2. The van der Waals surface area contributed by atoms with E-state index in [1.807, 2.05) is 6.08 Å². The van der Waals surface area contributed by atoms with Gasteiger partial charge in [-0.3, -0.25) is 0 Å². The van der Waals surface area contributed by atoms with Crippen LogP contribution >= 0.6 is 0 Å². The molecule has 47 heavy (non-hydrogen) atoms. The highest BCUT2D eigenvalue weighted by atomic mass is 15.2. The third-order valence-electron chi connectivity index (χ3n) is 10.4. The van der Waals surface area contributed by atoms with Gasteiger partial charge in [0.2, 0.25) is 0 Å². The van der Waals surface area contributed by atoms with Crippen LogP contribution < -0.4 is 9.80 Å². The van der Waals surface area contributed by atoms with Gasteiger partial charge in [0.1, 0.15) is 0 Å². The fourth-order valence-electron chi connectivity index (χ4n) is 7.97. The first kappa shape index (κ1) is 29.1. The van der Waals surface area contributed by atoms with Gasteiger partial charge >= 0.3 is 0 Å². The summed E-state index contributed by atoms with van der Waals surface area (Å²) >= 11 is 0. The molecule has 3 heteroatoms. The van der Waals surface area contributed by atoms with Crippen LogP contribution in [0.3, 0.4) is 0 Å². The highest BCUT2D eigenvalue weighted by Gasteiger charge is 2.40. The molecule has 0 radical (unpaired) electrons. The Labute approximate surface area is 278 Å². The van der Waals surface area contributed by atoms with Crippen molar-refractivity contribution in [2.24, 2.45) is 5.92 Å². The molecular formula is C44H39N3. The van der Waals surface area contributed by atoms with Crippen molar-refractivity contribution in [3.8, 4) is 28.3 Å². The van der Waals surface area contributed by atoms with Crippen LogP contribution in [0.25, 0.3) is 22.3 Å². The molecule has 0 aromatic heterocycles. The highest BCUT2D eigenvalue weighted by molar-refractivity contribution is 5.75. The summed E-state index contributed by atoms with van der Waals surface area (Å²) in [4.78, 5) is 4.98. The van der Waals surface area contributed by atoms with E-state index in [0.717, 1.165) is 29.8 Å². The van der Waals surface area contributed by atoms with E-state index in [4.69, 9.17) is 0 Å². The Hall–Kier alpha value is -5.33. The maximum Gasteiger partial charge on any atom is 0.0988 e. The van der Waals surface area contributed by atoms with Crippen molar-refractivity contribution in [3.05, 3.63) is 163 Å². The number of benzene rings is 4. The lowest BCUT2D eigenvalue weighted by Gasteiger charge is -2.42. The molecule has 0 saturated carbocycles. The van der Waals surface area contributed by atoms with Crippen LogP contribution in [0.5, 0.6) is 0 Å². The molecule has 8 rings (SSSR count). The number of anilines is 3. The average Bonchev–Trinajstić information content (AvgIpc) is 3.47. The van der Waals surface area contributed by atoms with Crippen LogP contribution in [0.1, 0.15) is 39.0 Å². The Morgan fingerprint density at radius 3 is 2.00 bits per heavy atom. The number of nitriles is 1. The van der Waals surface area contributed by atoms with Gasteiger partial charge in [-0.25, -0.2) is 0 Å². The first-order valence-electron chi connectivity index (χ1n) is 16.9.